The lowest BCUT2D eigenvalue weighted by Crippen LogP contribution is -2.16. The molecule has 0 aliphatic heterocycles. The van der Waals surface area contributed by atoms with Gasteiger partial charge in [-0.1, -0.05) is 13.8 Å². The van der Waals surface area contributed by atoms with Gasteiger partial charge in [-0.05, 0) is 6.42 Å². The molecule has 0 saturated heterocycles. The Morgan fingerprint density at radius 3 is 2.58 bits per heavy atom. The molecule has 0 heterocycles. The molecular formula is C8H16O4. The van der Waals surface area contributed by atoms with Crippen LogP contribution in [0.4, 0.5) is 0 Å². The predicted molar refractivity (Wildman–Crippen MR) is 43.5 cm³/mol. The summed E-state index contributed by atoms with van der Waals surface area (Å²) in [6, 6.07) is 0. The summed E-state index contributed by atoms with van der Waals surface area (Å²) in [7, 11) is 0. The standard InChI is InChI=1S/C8H16O4/c1-3-7(9)11-5-6-12-8(10)4-2/h7,9H,3-6H2,1-2H3. The molecule has 0 aromatic heterocycles. The highest BCUT2D eigenvalue weighted by Crippen LogP contribution is 1.92. The highest BCUT2D eigenvalue weighted by atomic mass is 16.6. The maximum Gasteiger partial charge on any atom is 0.305 e. The van der Waals surface area contributed by atoms with Crippen LogP contribution in [0.1, 0.15) is 26.7 Å². The van der Waals surface area contributed by atoms with Crippen molar-refractivity contribution in [3.8, 4) is 0 Å². The lowest BCUT2D eigenvalue weighted by atomic mass is 10.5. The van der Waals surface area contributed by atoms with Crippen molar-refractivity contribution in [2.45, 2.75) is 33.0 Å². The monoisotopic (exact) mass is 176 g/mol. The van der Waals surface area contributed by atoms with Crippen molar-refractivity contribution < 1.29 is 19.4 Å². The van der Waals surface area contributed by atoms with E-state index in [1.165, 1.54) is 0 Å². The molecule has 72 valence electrons. The van der Waals surface area contributed by atoms with E-state index in [4.69, 9.17) is 14.6 Å². The van der Waals surface area contributed by atoms with Gasteiger partial charge in [-0.3, -0.25) is 4.79 Å². The van der Waals surface area contributed by atoms with Crippen LogP contribution in [0.3, 0.4) is 0 Å². The summed E-state index contributed by atoms with van der Waals surface area (Å²) in [5.41, 5.74) is 0. The minimum absolute atomic E-state index is 0.212. The molecule has 1 unspecified atom stereocenters. The zero-order chi connectivity index (χ0) is 9.40. The van der Waals surface area contributed by atoms with E-state index in [0.717, 1.165) is 0 Å². The predicted octanol–water partition coefficient (Wildman–Crippen LogP) is 0.685. The molecule has 1 atom stereocenters. The normalized spacial score (nSPS) is 12.6. The third-order valence-electron chi connectivity index (χ3n) is 1.29. The van der Waals surface area contributed by atoms with Gasteiger partial charge in [0.15, 0.2) is 6.29 Å². The zero-order valence-electron chi connectivity index (χ0n) is 7.58. The number of ether oxygens (including phenoxy) is 2. The summed E-state index contributed by atoms with van der Waals surface area (Å²) in [6.45, 7) is 4.00. The number of carbonyl (C=O) groups is 1. The second kappa shape index (κ2) is 7.06. The topological polar surface area (TPSA) is 55.8 Å². The smallest absolute Gasteiger partial charge is 0.305 e. The van der Waals surface area contributed by atoms with Crippen LogP contribution in [0.2, 0.25) is 0 Å². The van der Waals surface area contributed by atoms with Crippen LogP contribution in [-0.4, -0.2) is 30.6 Å². The lowest BCUT2D eigenvalue weighted by molar-refractivity contribution is -0.150. The first-order valence-electron chi connectivity index (χ1n) is 4.16. The van der Waals surface area contributed by atoms with E-state index < -0.39 is 6.29 Å². The molecule has 0 amide bonds. The van der Waals surface area contributed by atoms with Gasteiger partial charge in [0, 0.05) is 6.42 Å². The Bertz CT molecular complexity index is 124. The van der Waals surface area contributed by atoms with Gasteiger partial charge in [0.1, 0.15) is 6.61 Å². The van der Waals surface area contributed by atoms with Crippen molar-refractivity contribution in [3.63, 3.8) is 0 Å². The fourth-order valence-electron chi connectivity index (χ4n) is 0.560. The van der Waals surface area contributed by atoms with Crippen LogP contribution < -0.4 is 0 Å². The van der Waals surface area contributed by atoms with Crippen molar-refractivity contribution in [1.29, 1.82) is 0 Å². The van der Waals surface area contributed by atoms with E-state index in [9.17, 15) is 4.79 Å². The van der Waals surface area contributed by atoms with Gasteiger partial charge >= 0.3 is 5.97 Å². The van der Waals surface area contributed by atoms with Crippen molar-refractivity contribution in [3.05, 3.63) is 0 Å². The van der Waals surface area contributed by atoms with E-state index in [0.29, 0.717) is 12.8 Å². The van der Waals surface area contributed by atoms with Crippen LogP contribution in [-0.2, 0) is 14.3 Å². The largest absolute Gasteiger partial charge is 0.463 e. The third kappa shape index (κ3) is 6.12. The summed E-state index contributed by atoms with van der Waals surface area (Å²) in [6.07, 6.45) is 0.170. The zero-order valence-corrected chi connectivity index (χ0v) is 7.58. The Morgan fingerprint density at radius 1 is 1.42 bits per heavy atom. The summed E-state index contributed by atoms with van der Waals surface area (Å²) in [5.74, 6) is -0.246. The second-order valence-electron chi connectivity index (χ2n) is 2.31. The molecule has 1 N–H and O–H groups in total. The molecule has 0 spiro atoms. The molecule has 0 bridgehead atoms. The molecule has 4 nitrogen and oxygen atoms in total. The fraction of sp³-hybridized carbons (Fsp3) is 0.875. The first-order chi connectivity index (χ1) is 5.70. The molecule has 4 heteroatoms. The number of carbonyl (C=O) groups excluding carboxylic acids is 1. The summed E-state index contributed by atoms with van der Waals surface area (Å²) in [5, 5.41) is 8.92. The van der Waals surface area contributed by atoms with Crippen LogP contribution >= 0.6 is 0 Å². The Hall–Kier alpha value is -0.610. The third-order valence-corrected chi connectivity index (χ3v) is 1.29. The van der Waals surface area contributed by atoms with Gasteiger partial charge in [-0.25, -0.2) is 0 Å². The van der Waals surface area contributed by atoms with Crippen LogP contribution in [0.15, 0.2) is 0 Å². The van der Waals surface area contributed by atoms with Gasteiger partial charge < -0.3 is 14.6 Å². The molecule has 0 aromatic carbocycles. The van der Waals surface area contributed by atoms with Gasteiger partial charge in [0.2, 0.25) is 0 Å². The first-order valence-corrected chi connectivity index (χ1v) is 4.16. The quantitative estimate of drug-likeness (QED) is 0.367. The number of hydrogen-bond donors (Lipinski definition) is 1. The van der Waals surface area contributed by atoms with Crippen LogP contribution in [0, 0.1) is 0 Å². The van der Waals surface area contributed by atoms with Gasteiger partial charge in [-0.15, -0.1) is 0 Å². The summed E-state index contributed by atoms with van der Waals surface area (Å²) < 4.78 is 9.58. The van der Waals surface area contributed by atoms with E-state index in [1.807, 2.05) is 6.92 Å². The van der Waals surface area contributed by atoms with Crippen molar-refractivity contribution in [1.82, 2.24) is 0 Å². The lowest BCUT2D eigenvalue weighted by Gasteiger charge is -2.09. The Morgan fingerprint density at radius 2 is 2.08 bits per heavy atom. The molecule has 0 radical (unpaired) electrons. The number of hydrogen-bond acceptors (Lipinski definition) is 4. The molecule has 0 saturated carbocycles. The minimum atomic E-state index is -0.745. The average Bonchev–Trinajstić information content (AvgIpc) is 2.11. The fourth-order valence-corrected chi connectivity index (χ4v) is 0.560. The number of aliphatic hydroxyl groups is 1. The molecule has 12 heavy (non-hydrogen) atoms. The molecule has 0 aromatic rings. The molecule has 0 fully saturated rings. The van der Waals surface area contributed by atoms with Crippen LogP contribution in [0.25, 0.3) is 0 Å². The maximum absolute atomic E-state index is 10.6. The number of aliphatic hydroxyl groups excluding tert-OH is 1. The Kier molecular flexibility index (Phi) is 6.70. The number of rotatable bonds is 6. The Balaban J connectivity index is 3.15. The van der Waals surface area contributed by atoms with Gasteiger partial charge in [-0.2, -0.15) is 0 Å². The van der Waals surface area contributed by atoms with Gasteiger partial charge in [0.05, 0.1) is 6.61 Å². The highest BCUT2D eigenvalue weighted by molar-refractivity contribution is 5.68. The van der Waals surface area contributed by atoms with Crippen LogP contribution in [0.5, 0.6) is 0 Å². The Labute approximate surface area is 72.5 Å². The second-order valence-corrected chi connectivity index (χ2v) is 2.31. The average molecular weight is 176 g/mol. The van der Waals surface area contributed by atoms with Crippen molar-refractivity contribution in [2.24, 2.45) is 0 Å². The van der Waals surface area contributed by atoms with E-state index >= 15 is 0 Å². The van der Waals surface area contributed by atoms with E-state index in [-0.39, 0.29) is 19.2 Å². The van der Waals surface area contributed by atoms with Gasteiger partial charge in [0.25, 0.3) is 0 Å². The molecule has 0 aliphatic rings. The molecule has 0 aliphatic carbocycles. The highest BCUT2D eigenvalue weighted by Gasteiger charge is 2.01. The first kappa shape index (κ1) is 11.4. The summed E-state index contributed by atoms with van der Waals surface area (Å²) in [4.78, 5) is 10.6. The molecule has 0 rings (SSSR count). The van der Waals surface area contributed by atoms with Crippen molar-refractivity contribution in [2.75, 3.05) is 13.2 Å². The van der Waals surface area contributed by atoms with Crippen molar-refractivity contribution >= 4 is 5.97 Å². The van der Waals surface area contributed by atoms with E-state index in [1.54, 1.807) is 6.92 Å². The maximum atomic E-state index is 10.6. The molecular weight excluding hydrogens is 160 g/mol. The number of esters is 1. The SMILES string of the molecule is CCC(=O)OCCOC(O)CC. The summed E-state index contributed by atoms with van der Waals surface area (Å²) >= 11 is 0. The minimum Gasteiger partial charge on any atom is -0.463 e. The van der Waals surface area contributed by atoms with E-state index in [2.05, 4.69) is 0 Å².